The number of hydrogen-bond donors (Lipinski definition) is 3. The van der Waals surface area contributed by atoms with Crippen LogP contribution < -0.4 is 0 Å². The molecule has 1 aromatic carbocycles. The summed E-state index contributed by atoms with van der Waals surface area (Å²) < 4.78 is 39.0. The summed E-state index contributed by atoms with van der Waals surface area (Å²) in [6.07, 6.45) is -2.95. The molecule has 3 N–H and O–H groups in total. The molecular weight excluding hydrogens is 311 g/mol. The Bertz CT molecular complexity index is 691. The maximum Gasteiger partial charge on any atom is 0.443 e. The second kappa shape index (κ2) is 6.13. The zero-order chi connectivity index (χ0) is 17.3. The largest absolute Gasteiger partial charge is 0.443 e. The van der Waals surface area contributed by atoms with Crippen molar-refractivity contribution in [3.63, 3.8) is 0 Å². The van der Waals surface area contributed by atoms with Gasteiger partial charge in [0.15, 0.2) is 0 Å². The second-order valence-electron chi connectivity index (χ2n) is 5.13. The zero-order valence-corrected chi connectivity index (χ0v) is 12.3. The van der Waals surface area contributed by atoms with E-state index in [9.17, 15) is 13.2 Å². The van der Waals surface area contributed by atoms with Crippen LogP contribution in [0.4, 0.5) is 13.2 Å². The molecule has 0 saturated carbocycles. The lowest BCUT2D eigenvalue weighted by Crippen LogP contribution is -2.46. The summed E-state index contributed by atoms with van der Waals surface area (Å²) in [7, 11) is 0. The Hall–Kier alpha value is -2.19. The van der Waals surface area contributed by atoms with Crippen LogP contribution in [-0.2, 0) is 6.54 Å². The number of aliphatic hydroxyl groups is 2. The molecule has 0 amide bonds. The molecule has 0 bridgehead atoms. The molecule has 2 rings (SSSR count). The molecule has 1 heterocycles. The number of benzene rings is 1. The summed E-state index contributed by atoms with van der Waals surface area (Å²) in [5, 5.41) is 29.8. The van der Waals surface area contributed by atoms with Crippen LogP contribution in [0.3, 0.4) is 0 Å². The lowest BCUT2D eigenvalue weighted by atomic mass is 9.99. The average Bonchev–Trinajstić information content (AvgIpc) is 2.94. The molecule has 0 radical (unpaired) electrons. The highest BCUT2D eigenvalue weighted by Gasteiger charge is 2.53. The van der Waals surface area contributed by atoms with Crippen molar-refractivity contribution in [3.05, 3.63) is 42.2 Å². The summed E-state index contributed by atoms with van der Waals surface area (Å²) in [5.41, 5.74) is 1.33. The highest BCUT2D eigenvalue weighted by atomic mass is 19.4. The van der Waals surface area contributed by atoms with E-state index in [1.165, 1.54) is 12.1 Å². The third-order valence-corrected chi connectivity index (χ3v) is 3.40. The Kier molecular flexibility index (Phi) is 4.58. The van der Waals surface area contributed by atoms with E-state index in [4.69, 9.17) is 15.6 Å². The lowest BCUT2D eigenvalue weighted by molar-refractivity contribution is -0.344. The SMILES string of the molecule is CCn1cc(-c2ccc(C(=N)CC(O)(O)C(F)(F)F)cc2)cn1. The predicted octanol–water partition coefficient (Wildman–Crippen LogP) is 2.57. The molecule has 0 saturated heterocycles. The van der Waals surface area contributed by atoms with Gasteiger partial charge >= 0.3 is 6.18 Å². The van der Waals surface area contributed by atoms with Crippen molar-refractivity contribution in [1.82, 2.24) is 9.78 Å². The topological polar surface area (TPSA) is 82.1 Å². The van der Waals surface area contributed by atoms with Crippen molar-refractivity contribution >= 4 is 5.71 Å². The van der Waals surface area contributed by atoms with Gasteiger partial charge < -0.3 is 15.6 Å². The van der Waals surface area contributed by atoms with Crippen molar-refractivity contribution in [2.24, 2.45) is 0 Å². The van der Waals surface area contributed by atoms with Crippen LogP contribution >= 0.6 is 0 Å². The molecule has 124 valence electrons. The number of halogens is 3. The molecule has 0 spiro atoms. The summed E-state index contributed by atoms with van der Waals surface area (Å²) in [4.78, 5) is 0. The molecule has 1 aromatic heterocycles. The quantitative estimate of drug-likeness (QED) is 0.583. The smallest absolute Gasteiger partial charge is 0.358 e. The fraction of sp³-hybridized carbons (Fsp3) is 0.333. The summed E-state index contributed by atoms with van der Waals surface area (Å²) in [6, 6.07) is 6.22. The minimum Gasteiger partial charge on any atom is -0.358 e. The standard InChI is InChI=1S/C15H16F3N3O2/c1-2-21-9-12(8-20-21)10-3-5-11(6-4-10)13(19)7-14(22,23)15(16,17)18/h3-6,8-9,19,22-23H,2,7H2,1H3. The normalized spacial score (nSPS) is 12.4. The Balaban J connectivity index is 2.14. The number of hydrogen-bond acceptors (Lipinski definition) is 4. The Morgan fingerprint density at radius 3 is 2.26 bits per heavy atom. The minimum absolute atomic E-state index is 0.188. The van der Waals surface area contributed by atoms with Crippen LogP contribution in [-0.4, -0.2) is 37.7 Å². The van der Waals surface area contributed by atoms with Crippen LogP contribution in [0.25, 0.3) is 11.1 Å². The average molecular weight is 327 g/mol. The van der Waals surface area contributed by atoms with Gasteiger partial charge in [-0.1, -0.05) is 24.3 Å². The minimum atomic E-state index is -5.21. The lowest BCUT2D eigenvalue weighted by Gasteiger charge is -2.24. The van der Waals surface area contributed by atoms with Gasteiger partial charge in [0.05, 0.1) is 12.6 Å². The van der Waals surface area contributed by atoms with Crippen LogP contribution in [0.5, 0.6) is 0 Å². The first-order chi connectivity index (χ1) is 10.6. The number of nitrogens with one attached hydrogen (secondary N) is 1. The fourth-order valence-corrected chi connectivity index (χ4v) is 2.00. The second-order valence-corrected chi connectivity index (χ2v) is 5.13. The predicted molar refractivity (Wildman–Crippen MR) is 78.0 cm³/mol. The van der Waals surface area contributed by atoms with Gasteiger partial charge in [0, 0.05) is 24.0 Å². The molecular formula is C15H16F3N3O2. The molecule has 0 unspecified atom stereocenters. The summed E-state index contributed by atoms with van der Waals surface area (Å²) >= 11 is 0. The van der Waals surface area contributed by atoms with Gasteiger partial charge in [0.1, 0.15) is 0 Å². The van der Waals surface area contributed by atoms with Crippen molar-refractivity contribution in [1.29, 1.82) is 5.41 Å². The molecule has 0 aliphatic rings. The number of alkyl halides is 3. The van der Waals surface area contributed by atoms with Crippen molar-refractivity contribution in [2.45, 2.75) is 31.9 Å². The van der Waals surface area contributed by atoms with Crippen molar-refractivity contribution < 1.29 is 23.4 Å². The summed E-state index contributed by atoms with van der Waals surface area (Å²) in [6.45, 7) is 2.66. The number of rotatable bonds is 5. The van der Waals surface area contributed by atoms with Gasteiger partial charge in [-0.2, -0.15) is 18.3 Å². The maximum absolute atomic E-state index is 12.4. The van der Waals surface area contributed by atoms with Gasteiger partial charge in [-0.25, -0.2) is 0 Å². The molecule has 0 fully saturated rings. The van der Waals surface area contributed by atoms with Gasteiger partial charge in [-0.15, -0.1) is 0 Å². The van der Waals surface area contributed by atoms with Gasteiger partial charge in [0.25, 0.3) is 5.79 Å². The van der Waals surface area contributed by atoms with E-state index in [0.717, 1.165) is 17.7 Å². The van der Waals surface area contributed by atoms with Crippen LogP contribution in [0.2, 0.25) is 0 Å². The van der Waals surface area contributed by atoms with Crippen LogP contribution in [0.1, 0.15) is 18.9 Å². The fourth-order valence-electron chi connectivity index (χ4n) is 2.00. The number of aryl methyl sites for hydroxylation is 1. The van der Waals surface area contributed by atoms with E-state index in [1.54, 1.807) is 23.0 Å². The monoisotopic (exact) mass is 327 g/mol. The molecule has 0 atom stereocenters. The third-order valence-electron chi connectivity index (χ3n) is 3.40. The Morgan fingerprint density at radius 2 is 1.78 bits per heavy atom. The van der Waals surface area contributed by atoms with Crippen molar-refractivity contribution in [3.8, 4) is 11.1 Å². The van der Waals surface area contributed by atoms with E-state index < -0.39 is 24.1 Å². The maximum atomic E-state index is 12.4. The highest BCUT2D eigenvalue weighted by molar-refractivity contribution is 5.99. The van der Waals surface area contributed by atoms with Crippen molar-refractivity contribution in [2.75, 3.05) is 0 Å². The van der Waals surface area contributed by atoms with E-state index in [2.05, 4.69) is 5.10 Å². The van der Waals surface area contributed by atoms with Gasteiger partial charge in [-0.3, -0.25) is 4.68 Å². The number of nitrogens with zero attached hydrogens (tertiary/aromatic N) is 2. The molecule has 8 heteroatoms. The van der Waals surface area contributed by atoms with Gasteiger partial charge in [0.2, 0.25) is 0 Å². The Labute approximate surface area is 130 Å². The third kappa shape index (κ3) is 3.77. The van der Waals surface area contributed by atoms with E-state index in [0.29, 0.717) is 0 Å². The number of aromatic nitrogens is 2. The molecule has 0 aliphatic heterocycles. The van der Waals surface area contributed by atoms with E-state index >= 15 is 0 Å². The Morgan fingerprint density at radius 1 is 1.17 bits per heavy atom. The van der Waals surface area contributed by atoms with E-state index in [-0.39, 0.29) is 5.56 Å². The molecule has 2 aromatic rings. The first-order valence-electron chi connectivity index (χ1n) is 6.86. The van der Waals surface area contributed by atoms with Crippen LogP contribution in [0, 0.1) is 5.41 Å². The first-order valence-corrected chi connectivity index (χ1v) is 6.86. The zero-order valence-electron chi connectivity index (χ0n) is 12.3. The van der Waals surface area contributed by atoms with Crippen LogP contribution in [0.15, 0.2) is 36.7 Å². The summed E-state index contributed by atoms with van der Waals surface area (Å²) in [5.74, 6) is -3.91. The molecule has 0 aliphatic carbocycles. The first kappa shape index (κ1) is 17.2. The molecule has 5 nitrogen and oxygen atoms in total. The van der Waals surface area contributed by atoms with E-state index in [1.807, 2.05) is 13.1 Å². The highest BCUT2D eigenvalue weighted by Crippen LogP contribution is 2.32. The van der Waals surface area contributed by atoms with Gasteiger partial charge in [-0.05, 0) is 18.1 Å². The molecule has 23 heavy (non-hydrogen) atoms.